The molecule has 0 amide bonds. The maximum atomic E-state index is 11.0. The van der Waals surface area contributed by atoms with Crippen molar-refractivity contribution in [2.24, 2.45) is 0 Å². The molecule has 0 spiro atoms. The Morgan fingerprint density at radius 3 is 2.33 bits per heavy atom. The molecule has 0 aliphatic carbocycles. The number of carbonyl (C=O) groups excluding carboxylic acids is 2. The summed E-state index contributed by atoms with van der Waals surface area (Å²) in [5.74, 6) is -1.02. The molecule has 1 heterocycles. The van der Waals surface area contributed by atoms with Crippen molar-refractivity contribution in [1.82, 2.24) is 4.98 Å². The number of fused-ring (bicyclic) bond motifs is 1. The van der Waals surface area contributed by atoms with Gasteiger partial charge in [-0.1, -0.05) is 18.2 Å². The highest BCUT2D eigenvalue weighted by atomic mass is 16.7. The van der Waals surface area contributed by atoms with Crippen molar-refractivity contribution in [3.8, 4) is 0 Å². The quantitative estimate of drug-likeness (QED) is 0.667. The zero-order valence-electron chi connectivity index (χ0n) is 10.1. The molecule has 0 radical (unpaired) electrons. The van der Waals surface area contributed by atoms with Crippen LogP contribution in [0.3, 0.4) is 0 Å². The fourth-order valence-corrected chi connectivity index (χ4v) is 1.74. The average molecular weight is 247 g/mol. The van der Waals surface area contributed by atoms with Gasteiger partial charge in [0.1, 0.15) is 0 Å². The van der Waals surface area contributed by atoms with E-state index >= 15 is 0 Å². The molecule has 1 aromatic heterocycles. The van der Waals surface area contributed by atoms with Gasteiger partial charge in [-0.2, -0.15) is 0 Å². The second-order valence-electron chi connectivity index (χ2n) is 3.84. The molecule has 1 aromatic carbocycles. The van der Waals surface area contributed by atoms with E-state index < -0.39 is 18.2 Å². The number of para-hydroxylation sites is 1. The highest BCUT2D eigenvalue weighted by molar-refractivity contribution is 5.84. The summed E-state index contributed by atoms with van der Waals surface area (Å²) in [6.45, 7) is 2.54. The van der Waals surface area contributed by atoms with E-state index in [0.29, 0.717) is 5.56 Å². The van der Waals surface area contributed by atoms with Crippen molar-refractivity contribution in [2.45, 2.75) is 20.1 Å². The molecule has 0 fully saturated rings. The Morgan fingerprint density at radius 2 is 1.72 bits per heavy atom. The molecule has 0 saturated carbocycles. The summed E-state index contributed by atoms with van der Waals surface area (Å²) < 4.78 is 10.0. The van der Waals surface area contributed by atoms with Crippen LogP contribution in [0, 0.1) is 0 Å². The number of hydrogen-bond acceptors (Lipinski definition) is 4. The minimum absolute atomic E-state index is 0.508. The number of aromatic amines is 1. The maximum absolute atomic E-state index is 11.0. The standard InChI is InChI=1S/C13H13NO4/c1-8(15)17-13(18-9(2)16)11-7-14-12-6-4-3-5-10(11)12/h3-7,13-14H,1-2H3. The fraction of sp³-hybridized carbons (Fsp3) is 0.231. The Morgan fingerprint density at radius 1 is 1.11 bits per heavy atom. The number of rotatable bonds is 3. The lowest BCUT2D eigenvalue weighted by Crippen LogP contribution is -2.14. The molecule has 94 valence electrons. The molecule has 0 aliphatic heterocycles. The van der Waals surface area contributed by atoms with Crippen LogP contribution in [-0.2, 0) is 19.1 Å². The van der Waals surface area contributed by atoms with Gasteiger partial charge in [-0.05, 0) is 6.07 Å². The lowest BCUT2D eigenvalue weighted by Gasteiger charge is -2.15. The summed E-state index contributed by atoms with van der Waals surface area (Å²) in [5, 5.41) is 0.852. The average Bonchev–Trinajstić information content (AvgIpc) is 2.70. The highest BCUT2D eigenvalue weighted by Gasteiger charge is 2.21. The molecule has 0 unspecified atom stereocenters. The van der Waals surface area contributed by atoms with E-state index in [-0.39, 0.29) is 0 Å². The fourth-order valence-electron chi connectivity index (χ4n) is 1.74. The first-order chi connectivity index (χ1) is 8.58. The molecule has 5 nitrogen and oxygen atoms in total. The van der Waals surface area contributed by atoms with Crippen molar-refractivity contribution < 1.29 is 19.1 Å². The van der Waals surface area contributed by atoms with Crippen molar-refractivity contribution >= 4 is 22.8 Å². The topological polar surface area (TPSA) is 68.4 Å². The van der Waals surface area contributed by atoms with E-state index in [0.717, 1.165) is 10.9 Å². The van der Waals surface area contributed by atoms with Gasteiger partial charge >= 0.3 is 11.9 Å². The minimum Gasteiger partial charge on any atom is -0.421 e. The molecule has 2 rings (SSSR count). The first-order valence-corrected chi connectivity index (χ1v) is 5.48. The molecule has 1 N–H and O–H groups in total. The molecule has 0 aliphatic rings. The Bertz CT molecular complexity index is 571. The van der Waals surface area contributed by atoms with Gasteiger partial charge in [0.15, 0.2) is 0 Å². The SMILES string of the molecule is CC(=O)OC(OC(C)=O)c1c[nH]c2ccccc12. The Hall–Kier alpha value is -2.30. The first-order valence-electron chi connectivity index (χ1n) is 5.48. The lowest BCUT2D eigenvalue weighted by molar-refractivity contribution is -0.186. The molecular weight excluding hydrogens is 234 g/mol. The van der Waals surface area contributed by atoms with Crippen LogP contribution in [0.15, 0.2) is 30.5 Å². The molecule has 0 atom stereocenters. The van der Waals surface area contributed by atoms with E-state index in [1.807, 2.05) is 24.3 Å². The van der Waals surface area contributed by atoms with Crippen LogP contribution < -0.4 is 0 Å². The summed E-state index contributed by atoms with van der Waals surface area (Å²) in [6, 6.07) is 7.49. The third-order valence-corrected chi connectivity index (χ3v) is 2.42. The van der Waals surface area contributed by atoms with Crippen LogP contribution in [0.25, 0.3) is 10.9 Å². The number of carbonyl (C=O) groups is 2. The minimum atomic E-state index is -1.02. The number of aromatic nitrogens is 1. The summed E-state index contributed by atoms with van der Waals surface area (Å²) >= 11 is 0. The van der Waals surface area contributed by atoms with Gasteiger partial charge < -0.3 is 14.5 Å². The third kappa shape index (κ3) is 2.51. The van der Waals surface area contributed by atoms with Gasteiger partial charge in [0.2, 0.25) is 0 Å². The van der Waals surface area contributed by atoms with Crippen molar-refractivity contribution in [2.75, 3.05) is 0 Å². The monoisotopic (exact) mass is 247 g/mol. The van der Waals surface area contributed by atoms with Gasteiger partial charge in [0, 0.05) is 30.9 Å². The zero-order chi connectivity index (χ0) is 13.1. The van der Waals surface area contributed by atoms with Gasteiger partial charge in [-0.15, -0.1) is 0 Å². The van der Waals surface area contributed by atoms with E-state index in [4.69, 9.17) is 9.47 Å². The van der Waals surface area contributed by atoms with Gasteiger partial charge in [0.25, 0.3) is 6.29 Å². The highest BCUT2D eigenvalue weighted by Crippen LogP contribution is 2.27. The van der Waals surface area contributed by atoms with Crippen LogP contribution >= 0.6 is 0 Å². The van der Waals surface area contributed by atoms with Gasteiger partial charge in [-0.25, -0.2) is 0 Å². The second-order valence-corrected chi connectivity index (χ2v) is 3.84. The molecular formula is C13H13NO4. The Labute approximate surface area is 104 Å². The van der Waals surface area contributed by atoms with E-state index in [1.165, 1.54) is 13.8 Å². The van der Waals surface area contributed by atoms with E-state index in [2.05, 4.69) is 4.98 Å². The number of H-pyrrole nitrogens is 1. The van der Waals surface area contributed by atoms with Crippen LogP contribution in [-0.4, -0.2) is 16.9 Å². The summed E-state index contributed by atoms with van der Waals surface area (Å²) in [6.07, 6.45) is 0.650. The molecule has 2 aromatic rings. The second kappa shape index (κ2) is 4.91. The number of benzene rings is 1. The summed E-state index contributed by atoms with van der Waals surface area (Å²) in [5.41, 5.74) is 1.51. The maximum Gasteiger partial charge on any atom is 0.305 e. The molecule has 5 heteroatoms. The molecule has 0 saturated heterocycles. The molecule has 0 bridgehead atoms. The number of esters is 2. The largest absolute Gasteiger partial charge is 0.421 e. The van der Waals surface area contributed by atoms with Crippen LogP contribution in [0.1, 0.15) is 25.7 Å². The van der Waals surface area contributed by atoms with Crippen molar-refractivity contribution in [3.63, 3.8) is 0 Å². The van der Waals surface area contributed by atoms with Gasteiger partial charge in [-0.3, -0.25) is 9.59 Å². The van der Waals surface area contributed by atoms with Crippen LogP contribution in [0.5, 0.6) is 0 Å². The zero-order valence-corrected chi connectivity index (χ0v) is 10.1. The smallest absolute Gasteiger partial charge is 0.305 e. The van der Waals surface area contributed by atoms with Crippen LogP contribution in [0.2, 0.25) is 0 Å². The number of nitrogens with one attached hydrogen (secondary N) is 1. The van der Waals surface area contributed by atoms with Crippen LogP contribution in [0.4, 0.5) is 0 Å². The first kappa shape index (κ1) is 12.2. The normalized spacial score (nSPS) is 10.6. The number of ether oxygens (including phenoxy) is 2. The Balaban J connectivity index is 2.40. The van der Waals surface area contributed by atoms with Crippen molar-refractivity contribution in [3.05, 3.63) is 36.0 Å². The van der Waals surface area contributed by atoms with Gasteiger partial charge in [0.05, 0.1) is 5.56 Å². The third-order valence-electron chi connectivity index (χ3n) is 2.42. The van der Waals surface area contributed by atoms with E-state index in [1.54, 1.807) is 6.20 Å². The molecule has 18 heavy (non-hydrogen) atoms. The summed E-state index contributed by atoms with van der Waals surface area (Å²) in [7, 11) is 0. The lowest BCUT2D eigenvalue weighted by atomic mass is 10.2. The predicted octanol–water partition coefficient (Wildman–Crippen LogP) is 2.29. The van der Waals surface area contributed by atoms with E-state index in [9.17, 15) is 9.59 Å². The summed E-state index contributed by atoms with van der Waals surface area (Å²) in [4.78, 5) is 25.1. The number of hydrogen-bond donors (Lipinski definition) is 1. The van der Waals surface area contributed by atoms with Crippen molar-refractivity contribution in [1.29, 1.82) is 0 Å². The predicted molar refractivity (Wildman–Crippen MR) is 64.6 cm³/mol. The Kier molecular flexibility index (Phi) is 3.32.